The fourth-order valence-corrected chi connectivity index (χ4v) is 3.34. The molecule has 0 saturated carbocycles. The maximum Gasteiger partial charge on any atom is 0.151 e. The van der Waals surface area contributed by atoms with Crippen LogP contribution >= 0.6 is 0 Å². The predicted molar refractivity (Wildman–Crippen MR) is 102 cm³/mol. The van der Waals surface area contributed by atoms with Crippen LogP contribution < -0.4 is 0 Å². The molecular weight excluding hydrogens is 308 g/mol. The average Bonchev–Trinajstić information content (AvgIpc) is 3.21. The SMILES string of the molecule is CCc1cccc2c(/C=C(\C#N)c3nc4ccccc4n3C)c[nH]c12. The Labute approximate surface area is 146 Å². The number of nitriles is 1. The smallest absolute Gasteiger partial charge is 0.151 e. The largest absolute Gasteiger partial charge is 0.360 e. The lowest BCUT2D eigenvalue weighted by Crippen LogP contribution is -1.95. The van der Waals surface area contributed by atoms with E-state index in [1.54, 1.807) is 0 Å². The number of hydrogen-bond donors (Lipinski definition) is 1. The summed E-state index contributed by atoms with van der Waals surface area (Å²) >= 11 is 0. The highest BCUT2D eigenvalue weighted by molar-refractivity contribution is 5.98. The standard InChI is InChI=1S/C21H18N4/c1-3-14-7-6-8-17-16(13-23-20(14)17)11-15(12-22)21-24-18-9-4-5-10-19(18)25(21)2/h4-11,13,23H,3H2,1-2H3/b15-11+. The monoisotopic (exact) mass is 326 g/mol. The molecule has 4 rings (SSSR count). The van der Waals surface area contributed by atoms with E-state index in [1.165, 1.54) is 5.56 Å². The van der Waals surface area contributed by atoms with E-state index in [2.05, 4.69) is 41.2 Å². The number of hydrogen-bond acceptors (Lipinski definition) is 2. The lowest BCUT2D eigenvalue weighted by atomic mass is 10.1. The van der Waals surface area contributed by atoms with E-state index in [0.29, 0.717) is 11.4 Å². The quantitative estimate of drug-likeness (QED) is 0.556. The van der Waals surface area contributed by atoms with Gasteiger partial charge in [-0.15, -0.1) is 0 Å². The molecule has 0 aliphatic heterocycles. The molecule has 0 unspecified atom stereocenters. The zero-order valence-electron chi connectivity index (χ0n) is 14.2. The van der Waals surface area contributed by atoms with Gasteiger partial charge in [-0.3, -0.25) is 0 Å². The number of aromatic amines is 1. The van der Waals surface area contributed by atoms with E-state index < -0.39 is 0 Å². The van der Waals surface area contributed by atoms with E-state index in [4.69, 9.17) is 0 Å². The van der Waals surface area contributed by atoms with Crippen molar-refractivity contribution in [1.29, 1.82) is 5.26 Å². The van der Waals surface area contributed by atoms with Gasteiger partial charge >= 0.3 is 0 Å². The Balaban J connectivity index is 1.89. The molecule has 122 valence electrons. The van der Waals surface area contributed by atoms with Crippen molar-refractivity contribution in [2.45, 2.75) is 13.3 Å². The van der Waals surface area contributed by atoms with Crippen LogP contribution in [0.2, 0.25) is 0 Å². The second kappa shape index (κ2) is 5.95. The van der Waals surface area contributed by atoms with Crippen LogP contribution in [0, 0.1) is 11.3 Å². The third-order valence-corrected chi connectivity index (χ3v) is 4.66. The second-order valence-electron chi connectivity index (χ2n) is 6.09. The fraction of sp³-hybridized carbons (Fsp3) is 0.143. The molecule has 0 saturated heterocycles. The first-order valence-electron chi connectivity index (χ1n) is 8.35. The molecule has 4 aromatic rings. The topological polar surface area (TPSA) is 57.4 Å². The van der Waals surface area contributed by atoms with Crippen molar-refractivity contribution >= 4 is 33.6 Å². The maximum atomic E-state index is 9.72. The number of allylic oxidation sites excluding steroid dienone is 1. The molecule has 0 bridgehead atoms. The fourth-order valence-electron chi connectivity index (χ4n) is 3.34. The maximum absolute atomic E-state index is 9.72. The summed E-state index contributed by atoms with van der Waals surface area (Å²) in [5, 5.41) is 10.8. The molecule has 0 amide bonds. The summed E-state index contributed by atoms with van der Waals surface area (Å²) in [6.45, 7) is 2.14. The third kappa shape index (κ3) is 2.41. The van der Waals surface area contributed by atoms with Crippen LogP contribution in [-0.4, -0.2) is 14.5 Å². The van der Waals surface area contributed by atoms with Crippen molar-refractivity contribution in [2.24, 2.45) is 7.05 Å². The number of benzene rings is 2. The molecule has 0 spiro atoms. The molecule has 4 nitrogen and oxygen atoms in total. The molecule has 2 aromatic heterocycles. The van der Waals surface area contributed by atoms with Crippen LogP contribution in [0.3, 0.4) is 0 Å². The average molecular weight is 326 g/mol. The normalized spacial score (nSPS) is 12.0. The van der Waals surface area contributed by atoms with Gasteiger partial charge in [-0.1, -0.05) is 37.3 Å². The Morgan fingerprint density at radius 3 is 2.84 bits per heavy atom. The van der Waals surface area contributed by atoms with Gasteiger partial charge in [0.2, 0.25) is 0 Å². The van der Waals surface area contributed by atoms with Gasteiger partial charge in [0.25, 0.3) is 0 Å². The molecule has 0 atom stereocenters. The number of H-pyrrole nitrogens is 1. The van der Waals surface area contributed by atoms with Crippen LogP contribution in [0.1, 0.15) is 23.9 Å². The Hall–Kier alpha value is -3.32. The van der Waals surface area contributed by atoms with E-state index in [-0.39, 0.29) is 0 Å². The van der Waals surface area contributed by atoms with Gasteiger partial charge in [0, 0.05) is 29.7 Å². The highest BCUT2D eigenvalue weighted by Crippen LogP contribution is 2.27. The minimum atomic E-state index is 0.557. The number of imidazole rings is 1. The van der Waals surface area contributed by atoms with Gasteiger partial charge < -0.3 is 9.55 Å². The number of nitrogens with zero attached hydrogens (tertiary/aromatic N) is 3. The second-order valence-corrected chi connectivity index (χ2v) is 6.09. The van der Waals surface area contributed by atoms with Crippen LogP contribution in [0.5, 0.6) is 0 Å². The number of rotatable bonds is 3. The van der Waals surface area contributed by atoms with Crippen molar-refractivity contribution in [3.05, 3.63) is 65.6 Å². The summed E-state index contributed by atoms with van der Waals surface area (Å²) < 4.78 is 1.97. The van der Waals surface area contributed by atoms with E-state index >= 15 is 0 Å². The Kier molecular flexibility index (Phi) is 3.62. The molecule has 4 heteroatoms. The molecule has 2 heterocycles. The zero-order chi connectivity index (χ0) is 17.4. The summed E-state index contributed by atoms with van der Waals surface area (Å²) in [4.78, 5) is 7.99. The summed E-state index contributed by atoms with van der Waals surface area (Å²) in [6.07, 6.45) is 4.85. The lowest BCUT2D eigenvalue weighted by molar-refractivity contribution is 0.925. The van der Waals surface area contributed by atoms with Crippen molar-refractivity contribution in [1.82, 2.24) is 14.5 Å². The van der Waals surface area contributed by atoms with Gasteiger partial charge in [0.1, 0.15) is 6.07 Å². The molecule has 0 aliphatic carbocycles. The Morgan fingerprint density at radius 1 is 1.24 bits per heavy atom. The first kappa shape index (κ1) is 15.2. The van der Waals surface area contributed by atoms with Gasteiger partial charge in [-0.2, -0.15) is 5.26 Å². The molecule has 1 N–H and O–H groups in total. The summed E-state index contributed by atoms with van der Waals surface area (Å²) in [5.41, 5.74) is 5.89. The number of aromatic nitrogens is 3. The summed E-state index contributed by atoms with van der Waals surface area (Å²) in [6, 6.07) is 16.5. The first-order chi connectivity index (χ1) is 12.2. The first-order valence-corrected chi connectivity index (χ1v) is 8.35. The number of nitrogens with one attached hydrogen (secondary N) is 1. The van der Waals surface area contributed by atoms with E-state index in [9.17, 15) is 5.26 Å². The van der Waals surface area contributed by atoms with Gasteiger partial charge in [-0.25, -0.2) is 4.98 Å². The van der Waals surface area contributed by atoms with E-state index in [0.717, 1.165) is 33.9 Å². The van der Waals surface area contributed by atoms with Crippen LogP contribution in [0.15, 0.2) is 48.7 Å². The highest BCUT2D eigenvalue weighted by atomic mass is 15.1. The minimum absolute atomic E-state index is 0.557. The van der Waals surface area contributed by atoms with Crippen molar-refractivity contribution in [2.75, 3.05) is 0 Å². The van der Waals surface area contributed by atoms with Crippen molar-refractivity contribution < 1.29 is 0 Å². The molecule has 25 heavy (non-hydrogen) atoms. The van der Waals surface area contributed by atoms with Gasteiger partial charge in [0.15, 0.2) is 5.82 Å². The molecule has 0 radical (unpaired) electrons. The zero-order valence-corrected chi connectivity index (χ0v) is 14.2. The molecule has 0 fully saturated rings. The third-order valence-electron chi connectivity index (χ3n) is 4.66. The predicted octanol–water partition coefficient (Wildman–Crippen LogP) is 4.68. The molecule has 2 aromatic carbocycles. The minimum Gasteiger partial charge on any atom is -0.360 e. The lowest BCUT2D eigenvalue weighted by Gasteiger charge is -2.01. The number of para-hydroxylation sites is 3. The van der Waals surface area contributed by atoms with E-state index in [1.807, 2.05) is 48.2 Å². The Bertz CT molecular complexity index is 1150. The van der Waals surface area contributed by atoms with Gasteiger partial charge in [0.05, 0.1) is 16.6 Å². The highest BCUT2D eigenvalue weighted by Gasteiger charge is 2.13. The summed E-state index contributed by atoms with van der Waals surface area (Å²) in [5.74, 6) is 0.685. The number of aryl methyl sites for hydroxylation is 2. The van der Waals surface area contributed by atoms with Crippen molar-refractivity contribution in [3.8, 4) is 6.07 Å². The van der Waals surface area contributed by atoms with Crippen molar-refractivity contribution in [3.63, 3.8) is 0 Å². The van der Waals surface area contributed by atoms with Gasteiger partial charge in [-0.05, 0) is 30.2 Å². The van der Waals surface area contributed by atoms with Crippen LogP contribution in [0.4, 0.5) is 0 Å². The molecule has 0 aliphatic rings. The van der Waals surface area contributed by atoms with Crippen LogP contribution in [0.25, 0.3) is 33.6 Å². The molecular formula is C21H18N4. The number of fused-ring (bicyclic) bond motifs is 2. The summed E-state index contributed by atoms with van der Waals surface area (Å²) in [7, 11) is 1.94. The van der Waals surface area contributed by atoms with Crippen LogP contribution in [-0.2, 0) is 13.5 Å². The Morgan fingerprint density at radius 2 is 2.08 bits per heavy atom.